The Morgan fingerprint density at radius 2 is 2.11 bits per heavy atom. The Bertz CT molecular complexity index is 687. The number of carbonyl (C=O) groups is 1. The largest absolute Gasteiger partial charge is 0.494 e. The van der Waals surface area contributed by atoms with E-state index in [4.69, 9.17) is 14.6 Å². The molecular formula is C20H27N3O4. The van der Waals surface area contributed by atoms with E-state index < -0.39 is 11.6 Å². The van der Waals surface area contributed by atoms with Gasteiger partial charge in [-0.15, -0.1) is 13.2 Å². The summed E-state index contributed by atoms with van der Waals surface area (Å²) in [6.45, 7) is 10.2. The van der Waals surface area contributed by atoms with E-state index >= 15 is 0 Å². The van der Waals surface area contributed by atoms with Crippen molar-refractivity contribution in [2.24, 2.45) is 4.99 Å². The summed E-state index contributed by atoms with van der Waals surface area (Å²) in [6, 6.07) is 7.28. The minimum absolute atomic E-state index is 0.0930. The van der Waals surface area contributed by atoms with Crippen LogP contribution in [-0.4, -0.2) is 48.3 Å². The molecule has 0 bridgehead atoms. The molecule has 7 heteroatoms. The van der Waals surface area contributed by atoms with Crippen LogP contribution in [0.3, 0.4) is 0 Å². The van der Waals surface area contributed by atoms with Gasteiger partial charge in [-0.1, -0.05) is 12.2 Å². The molecule has 27 heavy (non-hydrogen) atoms. The van der Waals surface area contributed by atoms with Crippen molar-refractivity contribution in [3.05, 3.63) is 55.1 Å². The van der Waals surface area contributed by atoms with Crippen LogP contribution in [0.1, 0.15) is 25.3 Å². The fraction of sp³-hybridized carbons (Fsp3) is 0.400. The lowest BCUT2D eigenvalue weighted by atomic mass is 9.90. The molecule has 3 N–H and O–H groups in total. The zero-order valence-corrected chi connectivity index (χ0v) is 15.6. The van der Waals surface area contributed by atoms with Crippen LogP contribution in [0, 0.1) is 0 Å². The Hall–Kier alpha value is -2.64. The Labute approximate surface area is 159 Å². The minimum Gasteiger partial charge on any atom is -0.494 e. The van der Waals surface area contributed by atoms with Crippen molar-refractivity contribution in [2.75, 3.05) is 19.8 Å². The zero-order chi connectivity index (χ0) is 19.7. The molecule has 1 aromatic rings. The smallest absolute Gasteiger partial charge is 0.266 e. The molecule has 2 rings (SSSR count). The van der Waals surface area contributed by atoms with E-state index in [1.165, 1.54) is 0 Å². The quantitative estimate of drug-likeness (QED) is 0.312. The van der Waals surface area contributed by atoms with Crippen LogP contribution < -0.4 is 15.6 Å². The number of hydrogen-bond acceptors (Lipinski definition) is 6. The van der Waals surface area contributed by atoms with Crippen LogP contribution >= 0.6 is 0 Å². The number of ether oxygens (including phenoxy) is 2. The second-order valence-corrected chi connectivity index (χ2v) is 6.17. The molecule has 1 aliphatic rings. The third-order valence-electron chi connectivity index (χ3n) is 4.23. The second-order valence-electron chi connectivity index (χ2n) is 6.17. The summed E-state index contributed by atoms with van der Waals surface area (Å²) < 4.78 is 11.4. The highest BCUT2D eigenvalue weighted by Crippen LogP contribution is 2.32. The minimum atomic E-state index is -1.08. The first kappa shape index (κ1) is 20.7. The lowest BCUT2D eigenvalue weighted by molar-refractivity contribution is -0.129. The van der Waals surface area contributed by atoms with E-state index in [9.17, 15) is 4.79 Å². The molecule has 0 radical (unpaired) electrons. The maximum atomic E-state index is 12.7. The molecule has 7 nitrogen and oxygen atoms in total. The van der Waals surface area contributed by atoms with Crippen molar-refractivity contribution in [3.8, 4) is 5.75 Å². The average Bonchev–Trinajstić information content (AvgIpc) is 3.00. The van der Waals surface area contributed by atoms with Gasteiger partial charge in [-0.3, -0.25) is 10.2 Å². The molecule has 1 aromatic carbocycles. The van der Waals surface area contributed by atoms with Crippen LogP contribution in [0.2, 0.25) is 0 Å². The molecule has 0 fully saturated rings. The summed E-state index contributed by atoms with van der Waals surface area (Å²) in [5.41, 5.74) is 5.12. The van der Waals surface area contributed by atoms with E-state index in [0.717, 1.165) is 5.56 Å². The first-order valence-electron chi connectivity index (χ1n) is 8.93. The van der Waals surface area contributed by atoms with Gasteiger partial charge in [-0.2, -0.15) is 0 Å². The van der Waals surface area contributed by atoms with Crippen LogP contribution in [0.25, 0.3) is 0 Å². The topological polar surface area (TPSA) is 92.2 Å². The van der Waals surface area contributed by atoms with Gasteiger partial charge in [0.2, 0.25) is 5.90 Å². The summed E-state index contributed by atoms with van der Waals surface area (Å²) in [7, 11) is 0. The Morgan fingerprint density at radius 3 is 2.74 bits per heavy atom. The molecule has 0 spiro atoms. The lowest BCUT2D eigenvalue weighted by Crippen LogP contribution is -2.54. The molecule has 146 valence electrons. The van der Waals surface area contributed by atoms with Crippen molar-refractivity contribution >= 4 is 11.8 Å². The molecular weight excluding hydrogens is 346 g/mol. The summed E-state index contributed by atoms with van der Waals surface area (Å²) in [5.74, 6) is 0.823. The Morgan fingerprint density at radius 1 is 1.37 bits per heavy atom. The fourth-order valence-electron chi connectivity index (χ4n) is 2.72. The summed E-state index contributed by atoms with van der Waals surface area (Å²) >= 11 is 0. The second kappa shape index (κ2) is 9.89. The molecule has 0 aromatic heterocycles. The zero-order valence-electron chi connectivity index (χ0n) is 15.6. The first-order chi connectivity index (χ1) is 13.1. The van der Waals surface area contributed by atoms with Gasteiger partial charge >= 0.3 is 0 Å². The van der Waals surface area contributed by atoms with Crippen molar-refractivity contribution in [1.82, 2.24) is 10.9 Å². The predicted molar refractivity (Wildman–Crippen MR) is 105 cm³/mol. The molecule has 0 aliphatic carbocycles. The normalized spacial score (nSPS) is 21.1. The SMILES string of the molecule is C=CCNNC(=O)[C@@]1(CC=C)N=C(c2ccc(OCCCO)cc2)O[C@H]1C. The molecule has 1 aliphatic heterocycles. The standard InChI is InChI=1S/C20H27N3O4/c1-4-11-20(19(25)23-21-12-5-2)15(3)27-18(22-20)16-7-9-17(10-8-16)26-14-6-13-24/h4-5,7-10,15,21,24H,1-2,6,11-14H2,3H3,(H,23,25)/t15-,20-/m0/s1. The van der Waals surface area contributed by atoms with Crippen LogP contribution in [0.4, 0.5) is 0 Å². The van der Waals surface area contributed by atoms with Crippen molar-refractivity contribution in [3.63, 3.8) is 0 Å². The number of aliphatic hydroxyl groups is 1. The predicted octanol–water partition coefficient (Wildman–Crippen LogP) is 1.73. The van der Waals surface area contributed by atoms with Gasteiger partial charge in [0, 0.05) is 31.6 Å². The number of carbonyl (C=O) groups excluding carboxylic acids is 1. The first-order valence-corrected chi connectivity index (χ1v) is 8.93. The lowest BCUT2D eigenvalue weighted by Gasteiger charge is -2.26. The number of aliphatic hydroxyl groups excluding tert-OH is 1. The maximum absolute atomic E-state index is 12.7. The molecule has 0 saturated heterocycles. The van der Waals surface area contributed by atoms with Crippen molar-refractivity contribution in [1.29, 1.82) is 0 Å². The number of amides is 1. The average molecular weight is 373 g/mol. The van der Waals surface area contributed by atoms with Gasteiger partial charge in [0.25, 0.3) is 5.91 Å². The monoisotopic (exact) mass is 373 g/mol. The van der Waals surface area contributed by atoms with Crippen LogP contribution in [0.5, 0.6) is 5.75 Å². The summed E-state index contributed by atoms with van der Waals surface area (Å²) in [6.07, 6.45) is 3.79. The third-order valence-corrected chi connectivity index (χ3v) is 4.23. The van der Waals surface area contributed by atoms with Crippen molar-refractivity contribution in [2.45, 2.75) is 31.4 Å². The number of hydrazine groups is 1. The van der Waals surface area contributed by atoms with E-state index in [2.05, 4.69) is 29.0 Å². The molecule has 1 heterocycles. The summed E-state index contributed by atoms with van der Waals surface area (Å²) in [4.78, 5) is 17.4. The van der Waals surface area contributed by atoms with Gasteiger partial charge in [0.05, 0.1) is 6.61 Å². The molecule has 0 unspecified atom stereocenters. The number of aliphatic imine (C=N–C) groups is 1. The maximum Gasteiger partial charge on any atom is 0.266 e. The highest BCUT2D eigenvalue weighted by molar-refractivity contribution is 6.00. The van der Waals surface area contributed by atoms with Crippen molar-refractivity contribution < 1.29 is 19.4 Å². The number of rotatable bonds is 11. The Kier molecular flexibility index (Phi) is 7.57. The van der Waals surface area contributed by atoms with Crippen LogP contribution in [0.15, 0.2) is 54.6 Å². The van der Waals surface area contributed by atoms with Gasteiger partial charge in [-0.25, -0.2) is 10.4 Å². The highest BCUT2D eigenvalue weighted by atomic mass is 16.5. The molecule has 2 atom stereocenters. The van der Waals surface area contributed by atoms with E-state index in [-0.39, 0.29) is 12.5 Å². The van der Waals surface area contributed by atoms with E-state index in [1.54, 1.807) is 12.2 Å². The number of nitrogens with zero attached hydrogens (tertiary/aromatic N) is 1. The number of benzene rings is 1. The van der Waals surface area contributed by atoms with Gasteiger partial charge < -0.3 is 14.6 Å². The van der Waals surface area contributed by atoms with Gasteiger partial charge in [0.15, 0.2) is 5.54 Å². The number of hydrogen-bond donors (Lipinski definition) is 3. The third kappa shape index (κ3) is 4.96. The molecule has 0 saturated carbocycles. The van der Waals surface area contributed by atoms with Gasteiger partial charge in [-0.05, 0) is 31.2 Å². The van der Waals surface area contributed by atoms with E-state index in [1.807, 2.05) is 31.2 Å². The molecule has 1 amide bonds. The highest BCUT2D eigenvalue weighted by Gasteiger charge is 2.49. The fourth-order valence-corrected chi connectivity index (χ4v) is 2.72. The van der Waals surface area contributed by atoms with Gasteiger partial charge in [0.1, 0.15) is 11.9 Å². The van der Waals surface area contributed by atoms with E-state index in [0.29, 0.717) is 37.6 Å². The Balaban J connectivity index is 2.17. The summed E-state index contributed by atoms with van der Waals surface area (Å²) in [5, 5.41) is 8.80. The number of nitrogens with one attached hydrogen (secondary N) is 2. The van der Waals surface area contributed by atoms with Crippen LogP contribution in [-0.2, 0) is 9.53 Å².